The molecule has 0 fully saturated rings. The largest absolute Gasteiger partial charge is 0.496 e. The maximum absolute atomic E-state index is 10.7. The first kappa shape index (κ1) is 13.2. The van der Waals surface area contributed by atoms with Gasteiger partial charge in [-0.3, -0.25) is 10.1 Å². The molecule has 0 spiro atoms. The second kappa shape index (κ2) is 6.70. The summed E-state index contributed by atoms with van der Waals surface area (Å²) < 4.78 is 5.01. The van der Waals surface area contributed by atoms with E-state index < -0.39 is 4.92 Å². The van der Waals surface area contributed by atoms with Crippen LogP contribution in [0.2, 0.25) is 0 Å². The maximum atomic E-state index is 10.7. The summed E-state index contributed by atoms with van der Waals surface area (Å²) in [6, 6.07) is 4.63. The lowest BCUT2D eigenvalue weighted by Crippen LogP contribution is -2.21. The van der Waals surface area contributed by atoms with Crippen LogP contribution < -0.4 is 15.4 Å². The number of anilines is 1. The molecule has 1 aromatic rings. The number of nitro benzene ring substituents is 1. The molecule has 1 rings (SSSR count). The molecule has 17 heavy (non-hydrogen) atoms. The van der Waals surface area contributed by atoms with E-state index in [-0.39, 0.29) is 5.69 Å². The normalized spacial score (nSPS) is 10.0. The van der Waals surface area contributed by atoms with Gasteiger partial charge in [-0.1, -0.05) is 6.92 Å². The molecule has 94 valence electrons. The monoisotopic (exact) mass is 239 g/mol. The summed E-state index contributed by atoms with van der Waals surface area (Å²) >= 11 is 0. The van der Waals surface area contributed by atoms with Gasteiger partial charge in [-0.05, 0) is 6.54 Å². The van der Waals surface area contributed by atoms with Gasteiger partial charge in [0.2, 0.25) is 0 Å². The van der Waals surface area contributed by atoms with Gasteiger partial charge in [0.1, 0.15) is 5.75 Å². The lowest BCUT2D eigenvalue weighted by Gasteiger charge is -2.08. The van der Waals surface area contributed by atoms with Gasteiger partial charge >= 0.3 is 0 Å². The van der Waals surface area contributed by atoms with Crippen molar-refractivity contribution in [3.8, 4) is 5.75 Å². The van der Waals surface area contributed by atoms with Crippen molar-refractivity contribution >= 4 is 11.4 Å². The molecule has 0 aliphatic rings. The Morgan fingerprint density at radius 3 is 2.71 bits per heavy atom. The molecule has 0 unspecified atom stereocenters. The third-order valence-electron chi connectivity index (χ3n) is 2.22. The van der Waals surface area contributed by atoms with Crippen LogP contribution >= 0.6 is 0 Å². The predicted molar refractivity (Wildman–Crippen MR) is 66.7 cm³/mol. The Morgan fingerprint density at radius 1 is 1.35 bits per heavy atom. The molecule has 6 heteroatoms. The van der Waals surface area contributed by atoms with Crippen LogP contribution in [0.15, 0.2) is 18.2 Å². The highest BCUT2D eigenvalue weighted by Gasteiger charge is 2.09. The van der Waals surface area contributed by atoms with Crippen molar-refractivity contribution in [2.24, 2.45) is 0 Å². The van der Waals surface area contributed by atoms with E-state index in [4.69, 9.17) is 4.74 Å². The van der Waals surface area contributed by atoms with Crippen LogP contribution in [0.3, 0.4) is 0 Å². The van der Waals surface area contributed by atoms with Crippen LogP contribution in [0.5, 0.6) is 5.75 Å². The van der Waals surface area contributed by atoms with Crippen molar-refractivity contribution in [2.45, 2.75) is 6.92 Å². The fourth-order valence-electron chi connectivity index (χ4n) is 1.38. The van der Waals surface area contributed by atoms with Crippen LogP contribution in [0.25, 0.3) is 0 Å². The Balaban J connectivity index is 2.70. The summed E-state index contributed by atoms with van der Waals surface area (Å²) in [7, 11) is 1.49. The number of nitrogens with zero attached hydrogens (tertiary/aromatic N) is 1. The van der Waals surface area contributed by atoms with E-state index in [1.54, 1.807) is 6.07 Å². The van der Waals surface area contributed by atoms with Crippen molar-refractivity contribution in [3.05, 3.63) is 28.3 Å². The molecule has 0 saturated heterocycles. The molecule has 0 radical (unpaired) electrons. The van der Waals surface area contributed by atoms with Gasteiger partial charge in [-0.15, -0.1) is 0 Å². The van der Waals surface area contributed by atoms with Crippen molar-refractivity contribution in [1.82, 2.24) is 5.32 Å². The first-order valence-corrected chi connectivity index (χ1v) is 5.45. The number of nitrogens with one attached hydrogen (secondary N) is 2. The molecular formula is C11H17N3O3. The topological polar surface area (TPSA) is 76.4 Å². The first-order valence-electron chi connectivity index (χ1n) is 5.45. The molecular weight excluding hydrogens is 222 g/mol. The third kappa shape index (κ3) is 4.28. The summed E-state index contributed by atoms with van der Waals surface area (Å²) in [6.45, 7) is 4.44. The zero-order chi connectivity index (χ0) is 12.7. The second-order valence-electron chi connectivity index (χ2n) is 3.46. The van der Waals surface area contributed by atoms with Crippen molar-refractivity contribution in [1.29, 1.82) is 0 Å². The SMILES string of the molecule is CCNCCNc1cc(OC)cc([N+](=O)[O-])c1. The maximum Gasteiger partial charge on any atom is 0.275 e. The number of benzene rings is 1. The van der Waals surface area contributed by atoms with Gasteiger partial charge in [-0.25, -0.2) is 0 Å². The van der Waals surface area contributed by atoms with Gasteiger partial charge in [0, 0.05) is 30.9 Å². The number of non-ortho nitro benzene ring substituents is 1. The van der Waals surface area contributed by atoms with Crippen LogP contribution in [-0.4, -0.2) is 31.7 Å². The molecule has 0 saturated carbocycles. The number of nitro groups is 1. The molecule has 0 aliphatic carbocycles. The lowest BCUT2D eigenvalue weighted by molar-refractivity contribution is -0.384. The van der Waals surface area contributed by atoms with Gasteiger partial charge in [-0.2, -0.15) is 0 Å². The molecule has 0 amide bonds. The Labute approximate surface area is 100 Å². The zero-order valence-electron chi connectivity index (χ0n) is 10.0. The van der Waals surface area contributed by atoms with Crippen molar-refractivity contribution < 1.29 is 9.66 Å². The minimum absolute atomic E-state index is 0.0234. The van der Waals surface area contributed by atoms with Crippen molar-refractivity contribution in [3.63, 3.8) is 0 Å². The summed E-state index contributed by atoms with van der Waals surface area (Å²) in [5, 5.41) is 17.0. The van der Waals surface area contributed by atoms with Crippen LogP contribution in [-0.2, 0) is 0 Å². The molecule has 0 atom stereocenters. The Kier molecular flexibility index (Phi) is 5.22. The molecule has 2 N–H and O–H groups in total. The fraction of sp³-hybridized carbons (Fsp3) is 0.455. The van der Waals surface area contributed by atoms with Crippen LogP contribution in [0, 0.1) is 10.1 Å². The van der Waals surface area contributed by atoms with E-state index in [1.165, 1.54) is 19.2 Å². The molecule has 6 nitrogen and oxygen atoms in total. The first-order chi connectivity index (χ1) is 8.17. The van der Waals surface area contributed by atoms with Gasteiger partial charge in [0.05, 0.1) is 18.1 Å². The average molecular weight is 239 g/mol. The van der Waals surface area contributed by atoms with Crippen LogP contribution in [0.4, 0.5) is 11.4 Å². The van der Waals surface area contributed by atoms with Gasteiger partial charge in [0.25, 0.3) is 5.69 Å². The van der Waals surface area contributed by atoms with E-state index in [0.29, 0.717) is 18.0 Å². The highest BCUT2D eigenvalue weighted by atomic mass is 16.6. The summed E-state index contributed by atoms with van der Waals surface area (Å²) in [5.74, 6) is 0.477. The smallest absolute Gasteiger partial charge is 0.275 e. The number of methoxy groups -OCH3 is 1. The number of hydrogen-bond acceptors (Lipinski definition) is 5. The molecule has 0 aliphatic heterocycles. The Bertz CT molecular complexity index is 382. The van der Waals surface area contributed by atoms with Gasteiger partial charge in [0.15, 0.2) is 0 Å². The average Bonchev–Trinajstić information content (AvgIpc) is 2.34. The lowest BCUT2D eigenvalue weighted by atomic mass is 10.2. The van der Waals surface area contributed by atoms with E-state index in [2.05, 4.69) is 10.6 Å². The number of rotatable bonds is 7. The molecule has 1 aromatic carbocycles. The number of hydrogen-bond donors (Lipinski definition) is 2. The summed E-state index contributed by atoms with van der Waals surface area (Å²) in [4.78, 5) is 10.3. The molecule has 0 heterocycles. The minimum atomic E-state index is -0.433. The third-order valence-corrected chi connectivity index (χ3v) is 2.22. The highest BCUT2D eigenvalue weighted by Crippen LogP contribution is 2.25. The summed E-state index contributed by atoms with van der Waals surface area (Å²) in [6.07, 6.45) is 0. The van der Waals surface area contributed by atoms with Gasteiger partial charge < -0.3 is 15.4 Å². The number of likely N-dealkylation sites (N-methyl/N-ethyl adjacent to an activating group) is 1. The Morgan fingerprint density at radius 2 is 2.12 bits per heavy atom. The number of ether oxygens (including phenoxy) is 1. The molecule has 0 aromatic heterocycles. The van der Waals surface area contributed by atoms with E-state index >= 15 is 0 Å². The van der Waals surface area contributed by atoms with E-state index in [9.17, 15) is 10.1 Å². The Hall–Kier alpha value is -1.82. The highest BCUT2D eigenvalue weighted by molar-refractivity contribution is 5.56. The minimum Gasteiger partial charge on any atom is -0.496 e. The fourth-order valence-corrected chi connectivity index (χ4v) is 1.38. The predicted octanol–water partition coefficient (Wildman–Crippen LogP) is 1.62. The summed E-state index contributed by atoms with van der Waals surface area (Å²) in [5.41, 5.74) is 0.712. The van der Waals surface area contributed by atoms with E-state index in [0.717, 1.165) is 13.1 Å². The van der Waals surface area contributed by atoms with E-state index in [1.807, 2.05) is 6.92 Å². The molecule has 0 bridgehead atoms. The quantitative estimate of drug-likeness (QED) is 0.429. The zero-order valence-corrected chi connectivity index (χ0v) is 10.0. The van der Waals surface area contributed by atoms with Crippen molar-refractivity contribution in [2.75, 3.05) is 32.1 Å². The standard InChI is InChI=1S/C11H17N3O3/c1-3-12-4-5-13-9-6-10(14(15)16)8-11(7-9)17-2/h6-8,12-13H,3-5H2,1-2H3. The van der Waals surface area contributed by atoms with Crippen LogP contribution in [0.1, 0.15) is 6.92 Å². The second-order valence-corrected chi connectivity index (χ2v) is 3.46.